The first kappa shape index (κ1) is 38.6. The molecule has 9 heteroatoms. The van der Waals surface area contributed by atoms with Gasteiger partial charge in [-0.3, -0.25) is 9.80 Å². The molecular weight excluding hydrogens is 753 g/mol. The number of phenolic OH excluding ortho intramolecular Hbond substituents is 1. The van der Waals surface area contributed by atoms with Crippen molar-refractivity contribution in [2.45, 2.75) is 149 Å². The van der Waals surface area contributed by atoms with Gasteiger partial charge in [-0.2, -0.15) is 0 Å². The van der Waals surface area contributed by atoms with E-state index in [0.29, 0.717) is 18.6 Å². The van der Waals surface area contributed by atoms with E-state index in [-0.39, 0.29) is 35.1 Å². The molecule has 2 saturated carbocycles. The highest BCUT2D eigenvalue weighted by molar-refractivity contribution is 6.74. The van der Waals surface area contributed by atoms with Gasteiger partial charge in [-0.15, -0.1) is 0 Å². The molecule has 10 aliphatic rings. The van der Waals surface area contributed by atoms with Crippen molar-refractivity contribution in [2.24, 2.45) is 11.8 Å². The molecule has 2 aromatic carbocycles. The van der Waals surface area contributed by atoms with Crippen LogP contribution in [-0.2, 0) is 23.7 Å². The number of phenols is 1. The topological polar surface area (TPSA) is 94.9 Å². The number of benzene rings is 2. The Kier molecular flexibility index (Phi) is 8.25. The molecule has 8 nitrogen and oxygen atoms in total. The van der Waals surface area contributed by atoms with Crippen molar-refractivity contribution >= 4 is 8.32 Å². The lowest BCUT2D eigenvalue weighted by Gasteiger charge is -2.62. The molecule has 12 rings (SSSR count). The molecule has 2 unspecified atom stereocenters. The molecule has 0 amide bonds. The van der Waals surface area contributed by atoms with Crippen LogP contribution in [0.2, 0.25) is 18.1 Å². The molecule has 4 heterocycles. The highest BCUT2D eigenvalue weighted by Crippen LogP contribution is 2.67. The lowest BCUT2D eigenvalue weighted by atomic mass is 9.49. The smallest absolute Gasteiger partial charge is 0.250 e. The summed E-state index contributed by atoms with van der Waals surface area (Å²) in [6, 6.07) is 8.48. The van der Waals surface area contributed by atoms with Crippen molar-refractivity contribution in [1.29, 1.82) is 0 Å². The van der Waals surface area contributed by atoms with E-state index in [1.54, 1.807) is 6.07 Å². The number of piperidine rings is 2. The lowest BCUT2D eigenvalue weighted by Crippen LogP contribution is -2.75. The Morgan fingerprint density at radius 2 is 1.24 bits per heavy atom. The highest BCUT2D eigenvalue weighted by atomic mass is 28.4. The Labute approximate surface area is 351 Å². The molecule has 0 radical (unpaired) electrons. The summed E-state index contributed by atoms with van der Waals surface area (Å²) in [6.45, 7) is 23.7. The van der Waals surface area contributed by atoms with Crippen molar-refractivity contribution in [3.8, 4) is 23.0 Å². The molecule has 2 saturated heterocycles. The number of ether oxygens (including phenoxy) is 2. The molecule has 2 aromatic rings. The van der Waals surface area contributed by atoms with Gasteiger partial charge in [0.1, 0.15) is 18.0 Å². The molecule has 4 bridgehead atoms. The van der Waals surface area contributed by atoms with E-state index in [1.807, 2.05) is 18.2 Å². The molecular formula is C50H64N2O6Si. The lowest BCUT2D eigenvalue weighted by molar-refractivity contribution is -0.163. The Hall–Kier alpha value is -3.34. The molecule has 4 aliphatic heterocycles. The van der Waals surface area contributed by atoms with E-state index in [1.165, 1.54) is 42.4 Å². The van der Waals surface area contributed by atoms with Crippen LogP contribution in [0.25, 0.3) is 0 Å². The van der Waals surface area contributed by atoms with Gasteiger partial charge in [0.05, 0.1) is 22.0 Å². The van der Waals surface area contributed by atoms with Crippen LogP contribution in [0.5, 0.6) is 23.0 Å². The average Bonchev–Trinajstić information content (AvgIpc) is 4.12. The first-order chi connectivity index (χ1) is 28.1. The number of likely N-dealkylation sites (tertiary alicyclic amines) is 2. The van der Waals surface area contributed by atoms with Gasteiger partial charge in [0.2, 0.25) is 0 Å². The fourth-order valence-electron chi connectivity index (χ4n) is 13.2. The van der Waals surface area contributed by atoms with Gasteiger partial charge in [0.15, 0.2) is 17.2 Å². The molecule has 314 valence electrons. The molecule has 8 atom stereocenters. The van der Waals surface area contributed by atoms with Crippen molar-refractivity contribution in [3.63, 3.8) is 0 Å². The molecule has 59 heavy (non-hydrogen) atoms. The molecule has 3 N–H and O–H groups in total. The van der Waals surface area contributed by atoms with E-state index >= 15 is 0 Å². The van der Waals surface area contributed by atoms with Gasteiger partial charge in [0, 0.05) is 36.3 Å². The Morgan fingerprint density at radius 3 is 1.71 bits per heavy atom. The van der Waals surface area contributed by atoms with Crippen LogP contribution in [0.15, 0.2) is 72.9 Å². The van der Waals surface area contributed by atoms with Crippen LogP contribution in [0.4, 0.5) is 0 Å². The number of nitrogens with zero attached hydrogens (tertiary/aromatic N) is 2. The van der Waals surface area contributed by atoms with Crippen molar-refractivity contribution in [1.82, 2.24) is 9.80 Å². The molecule has 4 fully saturated rings. The largest absolute Gasteiger partial charge is 0.541 e. The first-order valence-electron chi connectivity index (χ1n) is 22.7. The van der Waals surface area contributed by atoms with E-state index < -0.39 is 30.3 Å². The summed E-state index contributed by atoms with van der Waals surface area (Å²) in [5.74, 6) is 4.17. The third-order valence-electron chi connectivity index (χ3n) is 17.6. The summed E-state index contributed by atoms with van der Waals surface area (Å²) in [4.78, 5) is 5.15. The Morgan fingerprint density at radius 1 is 0.763 bits per heavy atom. The van der Waals surface area contributed by atoms with E-state index in [0.717, 1.165) is 91.9 Å². The summed E-state index contributed by atoms with van der Waals surface area (Å²) >= 11 is 0. The average molecular weight is 817 g/mol. The van der Waals surface area contributed by atoms with Crippen LogP contribution in [0.3, 0.4) is 0 Å². The van der Waals surface area contributed by atoms with Gasteiger partial charge >= 0.3 is 0 Å². The molecule has 0 aromatic heterocycles. The summed E-state index contributed by atoms with van der Waals surface area (Å²) in [6.07, 6.45) is 17.8. The normalized spacial score (nSPS) is 37.1. The third kappa shape index (κ3) is 5.08. The maximum Gasteiger partial charge on any atom is 0.250 e. The SMILES string of the molecule is C=CC1=CC[C@@]2(O)[C@H]3Cc4ccc(O)c5c4[C@@]2(CCN3CC2CC2)C1O5.C=CC1=CC[C@@]2(O)[C@H]3Cc4ccc(O[Si](C)(C)C(C)(C)C)c5c4[C@@]2(CCN3CC2CC2)C1O5. The zero-order chi connectivity index (χ0) is 41.1. The van der Waals surface area contributed by atoms with Crippen LogP contribution in [0, 0.1) is 11.8 Å². The fraction of sp³-hybridized carbons (Fsp3) is 0.600. The van der Waals surface area contributed by atoms with Crippen molar-refractivity contribution in [3.05, 3.63) is 95.1 Å². The summed E-state index contributed by atoms with van der Waals surface area (Å²) in [5.41, 5.74) is 4.53. The second-order valence-corrected chi connectivity index (χ2v) is 26.3. The van der Waals surface area contributed by atoms with Gasteiger partial charge in [-0.05, 0) is 142 Å². The molecule has 6 aliphatic carbocycles. The minimum absolute atomic E-state index is 0.103. The van der Waals surface area contributed by atoms with E-state index in [4.69, 9.17) is 13.9 Å². The second kappa shape index (κ2) is 12.6. The zero-order valence-electron chi connectivity index (χ0n) is 35.9. The maximum atomic E-state index is 12.5. The minimum atomic E-state index is -2.04. The number of hydrogen-bond acceptors (Lipinski definition) is 8. The van der Waals surface area contributed by atoms with Crippen molar-refractivity contribution in [2.75, 3.05) is 26.2 Å². The predicted octanol–water partition coefficient (Wildman–Crippen LogP) is 8.04. The zero-order valence-corrected chi connectivity index (χ0v) is 36.9. The summed E-state index contributed by atoms with van der Waals surface area (Å²) in [5, 5.41) is 35.3. The predicted molar refractivity (Wildman–Crippen MR) is 233 cm³/mol. The summed E-state index contributed by atoms with van der Waals surface area (Å²) < 4.78 is 20.0. The highest BCUT2D eigenvalue weighted by Gasteiger charge is 2.73. The van der Waals surface area contributed by atoms with Gasteiger partial charge in [-0.1, -0.05) is 70.4 Å². The molecule has 2 spiro atoms. The number of hydrogen-bond donors (Lipinski definition) is 3. The first-order valence-corrected chi connectivity index (χ1v) is 25.6. The van der Waals surface area contributed by atoms with Crippen LogP contribution >= 0.6 is 0 Å². The van der Waals surface area contributed by atoms with Gasteiger partial charge < -0.3 is 29.2 Å². The van der Waals surface area contributed by atoms with Gasteiger partial charge in [0.25, 0.3) is 8.32 Å². The Balaban J connectivity index is 0.000000138. The summed E-state index contributed by atoms with van der Waals surface area (Å²) in [7, 11) is -2.04. The van der Waals surface area contributed by atoms with Crippen LogP contribution < -0.4 is 13.9 Å². The van der Waals surface area contributed by atoms with Crippen LogP contribution in [-0.4, -0.2) is 95.1 Å². The standard InChI is InChI=1S/C28H39NO3Si.C22H25NO3/c1-7-19-12-13-28(30)22-16-20-10-11-21(32-33(5,6)26(2,3)4)24-23(20)27(28,25(19)31-24)14-15-29(22)17-18-8-9-18;1-2-14-7-8-22(25)17-11-15-5-6-16(24)19-18(15)21(22,20(14)26-19)9-10-23(17)12-13-3-4-13/h7,10-12,18,22,25,30H,1,8-9,13-17H2,2-6H3;2,5-7,13,17,20,24-25H,1,3-4,8-12H2/t22-,25?,27+,28-;17-,20?,21+,22-/m11/s1. The second-order valence-electron chi connectivity index (χ2n) is 21.6. The monoisotopic (exact) mass is 816 g/mol. The minimum Gasteiger partial charge on any atom is -0.541 e. The number of rotatable bonds is 8. The quantitative estimate of drug-likeness (QED) is 0.231. The fourth-order valence-corrected chi connectivity index (χ4v) is 14.2. The van der Waals surface area contributed by atoms with Gasteiger partial charge in [-0.25, -0.2) is 0 Å². The number of aromatic hydroxyl groups is 1. The Bertz CT molecular complexity index is 2220. The number of aliphatic hydroxyl groups is 2. The maximum absolute atomic E-state index is 12.5. The van der Waals surface area contributed by atoms with Crippen LogP contribution in [0.1, 0.15) is 94.4 Å². The van der Waals surface area contributed by atoms with E-state index in [9.17, 15) is 15.3 Å². The van der Waals surface area contributed by atoms with Crippen molar-refractivity contribution < 1.29 is 29.2 Å². The van der Waals surface area contributed by atoms with E-state index in [2.05, 4.69) is 81.1 Å². The third-order valence-corrected chi connectivity index (χ3v) is 21.9.